The summed E-state index contributed by atoms with van der Waals surface area (Å²) in [5.41, 5.74) is -7.77. The second-order valence-corrected chi connectivity index (χ2v) is 6.58. The number of benzene rings is 1. The van der Waals surface area contributed by atoms with Crippen LogP contribution in [-0.2, 0) is 15.0 Å². The molecule has 11 heteroatoms. The lowest BCUT2D eigenvalue weighted by Gasteiger charge is -2.30. The number of hydrogen-bond acceptors (Lipinski definition) is 4. The average molecular weight is 359 g/mol. The number of non-ortho nitro benzene ring substituents is 1. The van der Waals surface area contributed by atoms with Crippen molar-refractivity contribution in [3.8, 4) is 0 Å². The van der Waals surface area contributed by atoms with E-state index < -0.39 is 41.5 Å². The van der Waals surface area contributed by atoms with Crippen molar-refractivity contribution in [3.05, 3.63) is 39.9 Å². The second-order valence-electron chi connectivity index (χ2n) is 4.77. The van der Waals surface area contributed by atoms with Crippen LogP contribution in [0.15, 0.2) is 24.3 Å². The Labute approximate surface area is 128 Å². The SMILES string of the molecule is CCC(C)OP(=O)(O)C(F)(F)C(F)(F)c1cccc([N+](=O)[O-])c1. The Kier molecular flexibility index (Phi) is 5.56. The molecule has 1 aromatic rings. The summed E-state index contributed by atoms with van der Waals surface area (Å²) in [7, 11) is -6.05. The fraction of sp³-hybridized carbons (Fsp3) is 0.500. The van der Waals surface area contributed by atoms with Crippen LogP contribution < -0.4 is 0 Å². The highest BCUT2D eigenvalue weighted by atomic mass is 31.2. The number of alkyl halides is 4. The number of halogens is 4. The molecule has 0 aliphatic rings. The summed E-state index contributed by atoms with van der Waals surface area (Å²) < 4.78 is 71.8. The molecule has 0 fully saturated rings. The van der Waals surface area contributed by atoms with Crippen molar-refractivity contribution in [1.82, 2.24) is 0 Å². The van der Waals surface area contributed by atoms with Crippen molar-refractivity contribution in [2.75, 3.05) is 0 Å². The van der Waals surface area contributed by atoms with Crippen LogP contribution in [-0.4, -0.2) is 21.6 Å². The largest absolute Gasteiger partial charge is 0.411 e. The molecule has 0 aliphatic heterocycles. The summed E-state index contributed by atoms with van der Waals surface area (Å²) in [5, 5.41) is 10.6. The van der Waals surface area contributed by atoms with Gasteiger partial charge in [0.15, 0.2) is 0 Å². The van der Waals surface area contributed by atoms with E-state index in [1.807, 2.05) is 0 Å². The topological polar surface area (TPSA) is 89.7 Å². The zero-order chi connectivity index (χ0) is 18.1. The third-order valence-electron chi connectivity index (χ3n) is 3.05. The van der Waals surface area contributed by atoms with E-state index in [1.165, 1.54) is 13.8 Å². The third kappa shape index (κ3) is 3.70. The second kappa shape index (κ2) is 6.54. The molecule has 1 aromatic carbocycles. The molecule has 0 spiro atoms. The van der Waals surface area contributed by atoms with Gasteiger partial charge in [-0.2, -0.15) is 17.6 Å². The van der Waals surface area contributed by atoms with Crippen molar-refractivity contribution in [1.29, 1.82) is 0 Å². The van der Waals surface area contributed by atoms with Crippen molar-refractivity contribution in [2.24, 2.45) is 0 Å². The maximum Gasteiger partial charge on any atom is 0.411 e. The monoisotopic (exact) mass is 359 g/mol. The highest BCUT2D eigenvalue weighted by Crippen LogP contribution is 2.66. The maximum atomic E-state index is 14.0. The zero-order valence-electron chi connectivity index (χ0n) is 12.1. The van der Waals surface area contributed by atoms with Gasteiger partial charge in [0.1, 0.15) is 0 Å². The van der Waals surface area contributed by atoms with Gasteiger partial charge in [0.05, 0.1) is 11.0 Å². The summed E-state index contributed by atoms with van der Waals surface area (Å²) in [4.78, 5) is 18.8. The van der Waals surface area contributed by atoms with Crippen molar-refractivity contribution < 1.29 is 36.5 Å². The van der Waals surface area contributed by atoms with E-state index in [0.29, 0.717) is 6.07 Å². The fourth-order valence-electron chi connectivity index (χ4n) is 1.55. The summed E-state index contributed by atoms with van der Waals surface area (Å²) in [6, 6.07) is 2.32. The molecule has 0 bridgehead atoms. The minimum Gasteiger partial charge on any atom is -0.320 e. The van der Waals surface area contributed by atoms with Crippen molar-refractivity contribution >= 4 is 13.3 Å². The number of nitro benzene ring substituents is 1. The van der Waals surface area contributed by atoms with Crippen molar-refractivity contribution in [3.63, 3.8) is 0 Å². The van der Waals surface area contributed by atoms with Gasteiger partial charge >= 0.3 is 19.2 Å². The lowest BCUT2D eigenvalue weighted by molar-refractivity contribution is -0.385. The Morgan fingerprint density at radius 3 is 2.43 bits per heavy atom. The van der Waals surface area contributed by atoms with Crippen LogP contribution in [0.4, 0.5) is 23.2 Å². The predicted octanol–water partition coefficient (Wildman–Crippen LogP) is 4.28. The molecule has 2 atom stereocenters. The zero-order valence-corrected chi connectivity index (χ0v) is 13.0. The van der Waals surface area contributed by atoms with Crippen molar-refractivity contribution in [2.45, 2.75) is 38.0 Å². The fourth-order valence-corrected chi connectivity index (χ4v) is 2.80. The first-order valence-electron chi connectivity index (χ1n) is 6.38. The van der Waals surface area contributed by atoms with Crippen LogP contribution >= 0.6 is 7.60 Å². The minimum absolute atomic E-state index is 0.0447. The molecule has 0 amide bonds. The Balaban J connectivity index is 3.31. The Morgan fingerprint density at radius 2 is 1.96 bits per heavy atom. The smallest absolute Gasteiger partial charge is 0.320 e. The Hall–Kier alpha value is -1.51. The van der Waals surface area contributed by atoms with Crippen LogP contribution in [0.2, 0.25) is 0 Å². The van der Waals surface area contributed by atoms with Crippen LogP contribution in [0.1, 0.15) is 25.8 Å². The lowest BCUT2D eigenvalue weighted by Crippen LogP contribution is -2.39. The average Bonchev–Trinajstić information content (AvgIpc) is 2.46. The highest BCUT2D eigenvalue weighted by Gasteiger charge is 2.70. The standard InChI is InChI=1S/C12H14F4NO5P/c1-3-8(2)22-23(20,21)12(15,16)11(13,14)9-5-4-6-10(7-9)17(18)19/h4-8H,3H2,1-2H3,(H,20,21). The summed E-state index contributed by atoms with van der Waals surface area (Å²) >= 11 is 0. The summed E-state index contributed by atoms with van der Waals surface area (Å²) in [6.45, 7) is 2.62. The molecule has 0 saturated heterocycles. The molecule has 1 N–H and O–H groups in total. The molecule has 2 unspecified atom stereocenters. The van der Waals surface area contributed by atoms with Crippen LogP contribution in [0.25, 0.3) is 0 Å². The molecule has 0 aromatic heterocycles. The molecule has 0 aliphatic carbocycles. The van der Waals surface area contributed by atoms with Gasteiger partial charge in [-0.15, -0.1) is 0 Å². The van der Waals surface area contributed by atoms with Crippen LogP contribution in [0, 0.1) is 10.1 Å². The van der Waals surface area contributed by atoms with E-state index in [9.17, 15) is 37.1 Å². The first-order chi connectivity index (χ1) is 10.4. The summed E-state index contributed by atoms with van der Waals surface area (Å²) in [5.74, 6) is -5.14. The lowest BCUT2D eigenvalue weighted by atomic mass is 10.1. The maximum absolute atomic E-state index is 14.0. The van der Waals surface area contributed by atoms with Gasteiger partial charge in [-0.1, -0.05) is 19.1 Å². The molecular formula is C12H14F4NO5P. The third-order valence-corrected chi connectivity index (χ3v) is 4.69. The molecule has 0 saturated carbocycles. The minimum atomic E-state index is -6.05. The molecule has 130 valence electrons. The van der Waals surface area contributed by atoms with Crippen LogP contribution in [0.3, 0.4) is 0 Å². The molecule has 0 radical (unpaired) electrons. The Bertz CT molecular complexity index is 640. The van der Waals surface area contributed by atoms with E-state index in [4.69, 9.17) is 0 Å². The number of hydrogen-bond donors (Lipinski definition) is 1. The van der Waals surface area contributed by atoms with Gasteiger partial charge in [-0.3, -0.25) is 14.7 Å². The van der Waals surface area contributed by atoms with Gasteiger partial charge in [0.2, 0.25) is 0 Å². The van der Waals surface area contributed by atoms with E-state index in [0.717, 1.165) is 12.1 Å². The first kappa shape index (κ1) is 19.5. The van der Waals surface area contributed by atoms with Gasteiger partial charge in [0, 0.05) is 17.7 Å². The van der Waals surface area contributed by atoms with E-state index in [1.54, 1.807) is 0 Å². The van der Waals surface area contributed by atoms with E-state index in [2.05, 4.69) is 4.52 Å². The Morgan fingerprint density at radius 1 is 1.39 bits per heavy atom. The predicted molar refractivity (Wildman–Crippen MR) is 72.6 cm³/mol. The van der Waals surface area contributed by atoms with E-state index in [-0.39, 0.29) is 12.5 Å². The molecule has 6 nitrogen and oxygen atoms in total. The number of nitrogens with zero attached hydrogens (tertiary/aromatic N) is 1. The van der Waals surface area contributed by atoms with Gasteiger partial charge < -0.3 is 9.42 Å². The molecule has 0 heterocycles. The number of rotatable bonds is 7. The van der Waals surface area contributed by atoms with E-state index >= 15 is 0 Å². The van der Waals surface area contributed by atoms with Crippen LogP contribution in [0.5, 0.6) is 0 Å². The number of nitro groups is 1. The van der Waals surface area contributed by atoms with Gasteiger partial charge in [-0.25, -0.2) is 0 Å². The molecule has 23 heavy (non-hydrogen) atoms. The summed E-state index contributed by atoms with van der Waals surface area (Å²) in [6.07, 6.45) is -1.11. The van der Waals surface area contributed by atoms with Gasteiger partial charge in [-0.05, 0) is 13.3 Å². The molecule has 1 rings (SSSR count). The first-order valence-corrected chi connectivity index (χ1v) is 7.96. The van der Waals surface area contributed by atoms with Gasteiger partial charge in [0.25, 0.3) is 5.69 Å². The highest BCUT2D eigenvalue weighted by molar-refractivity contribution is 7.54. The normalized spacial score (nSPS) is 16.7. The quantitative estimate of drug-likeness (QED) is 0.340. The molecular weight excluding hydrogens is 345 g/mol.